The topological polar surface area (TPSA) is 246 Å². The number of esters is 1. The van der Waals surface area contributed by atoms with Gasteiger partial charge in [-0.25, -0.2) is 9.59 Å². The Morgan fingerprint density at radius 2 is 1.95 bits per heavy atom. The summed E-state index contributed by atoms with van der Waals surface area (Å²) in [6.07, 6.45) is -1.97. The van der Waals surface area contributed by atoms with Crippen LogP contribution in [0.4, 0.5) is 0 Å². The number of carbonyl (C=O) groups excluding carboxylic acids is 1. The van der Waals surface area contributed by atoms with Crippen LogP contribution >= 0.6 is 0 Å². The van der Waals surface area contributed by atoms with Gasteiger partial charge in [-0.15, -0.1) is 6.58 Å². The first-order chi connectivity index (χ1) is 20.5. The zero-order chi connectivity index (χ0) is 31.8. The number of carbonyl (C=O) groups is 2. The highest BCUT2D eigenvalue weighted by Gasteiger charge is 2.47. The number of ether oxygens (including phenoxy) is 4. The third kappa shape index (κ3) is 7.61. The molecule has 16 heteroatoms. The number of nitrogens with one attached hydrogen (secondary N) is 1. The smallest absolute Gasteiger partial charge is 0.339 e. The van der Waals surface area contributed by atoms with Crippen molar-refractivity contribution in [2.45, 2.75) is 37.0 Å². The van der Waals surface area contributed by atoms with Gasteiger partial charge in [0.2, 0.25) is 6.29 Å². The maximum Gasteiger partial charge on any atom is 0.339 e. The quantitative estimate of drug-likeness (QED) is 0.0512. The average Bonchev–Trinajstić information content (AvgIpc) is 3.00. The second-order valence-electron chi connectivity index (χ2n) is 9.78. The number of nitrogens with zero attached hydrogens (tertiary/aromatic N) is 2. The van der Waals surface area contributed by atoms with Crippen molar-refractivity contribution >= 4 is 17.9 Å². The van der Waals surface area contributed by atoms with Gasteiger partial charge in [0.1, 0.15) is 24.4 Å². The number of rotatable bonds is 11. The van der Waals surface area contributed by atoms with Crippen LogP contribution in [-0.4, -0.2) is 131 Å². The summed E-state index contributed by atoms with van der Waals surface area (Å²) in [5.41, 5.74) is 6.32. The maximum atomic E-state index is 12.7. The normalized spacial score (nSPS) is 31.7. The van der Waals surface area contributed by atoms with Gasteiger partial charge < -0.3 is 65.5 Å². The Kier molecular flexibility index (Phi) is 11.8. The summed E-state index contributed by atoms with van der Waals surface area (Å²) in [6.45, 7) is 3.19. The van der Waals surface area contributed by atoms with Crippen molar-refractivity contribution in [1.82, 2.24) is 10.2 Å². The Morgan fingerprint density at radius 3 is 2.53 bits per heavy atom. The second-order valence-corrected chi connectivity index (χ2v) is 9.78. The highest BCUT2D eigenvalue weighted by atomic mass is 16.8. The van der Waals surface area contributed by atoms with Gasteiger partial charge in [-0.05, 0) is 5.57 Å². The number of aliphatic imine (C=N–C) groups is 1. The van der Waals surface area contributed by atoms with Crippen LogP contribution in [0.5, 0.6) is 0 Å². The van der Waals surface area contributed by atoms with Gasteiger partial charge in [-0.3, -0.25) is 4.99 Å². The zero-order valence-electron chi connectivity index (χ0n) is 23.6. The van der Waals surface area contributed by atoms with E-state index in [-0.39, 0.29) is 42.5 Å². The number of aliphatic hydroxyl groups is 5. The first-order valence-electron chi connectivity index (χ1n) is 13.2. The van der Waals surface area contributed by atoms with E-state index >= 15 is 0 Å². The van der Waals surface area contributed by atoms with E-state index in [2.05, 4.69) is 16.9 Å². The van der Waals surface area contributed by atoms with Crippen molar-refractivity contribution in [2.75, 3.05) is 40.5 Å². The molecule has 3 rings (SSSR count). The predicted octanol–water partition coefficient (Wildman–Crippen LogP) is -2.74. The monoisotopic (exact) mass is 610 g/mol. The lowest BCUT2D eigenvalue weighted by molar-refractivity contribution is -0.338. The number of guanidine groups is 1. The number of aliphatic hydroxyl groups excluding tert-OH is 5. The van der Waals surface area contributed by atoms with E-state index in [9.17, 15) is 40.2 Å². The number of allylic oxidation sites excluding steroid dienone is 1. The molecule has 3 aliphatic rings. The van der Waals surface area contributed by atoms with Crippen LogP contribution in [0.1, 0.15) is 0 Å². The number of carboxylic acid groups (broad SMARTS) is 1. The molecule has 3 heterocycles. The zero-order valence-corrected chi connectivity index (χ0v) is 23.6. The highest BCUT2D eigenvalue weighted by molar-refractivity contribution is 5.95. The van der Waals surface area contributed by atoms with Crippen LogP contribution in [-0.2, 0) is 28.5 Å². The molecular weight excluding hydrogens is 572 g/mol. The molecule has 0 bridgehead atoms. The van der Waals surface area contributed by atoms with Crippen LogP contribution < -0.4 is 11.1 Å². The number of nitrogens with two attached hydrogens (primary N) is 1. The SMILES string of the molecule is C=CC1C(OC2OC(CO)C(O)C(O)C2O)OC=C(C(=O)OC)C1C=CC1=C(NC(N)=NC)C(C(=O)O)=CN(CCO)C1. The highest BCUT2D eigenvalue weighted by Crippen LogP contribution is 2.36. The van der Waals surface area contributed by atoms with E-state index < -0.39 is 67.4 Å². The molecule has 0 aromatic heterocycles. The van der Waals surface area contributed by atoms with Crippen LogP contribution in [0.15, 0.2) is 64.7 Å². The number of hydrogen-bond acceptors (Lipinski definition) is 13. The second kappa shape index (κ2) is 15.1. The minimum atomic E-state index is -1.71. The summed E-state index contributed by atoms with van der Waals surface area (Å²) in [6, 6.07) is 0. The Balaban J connectivity index is 2.02. The standard InChI is InChI=1S/C27H38N4O12/c1-4-14-15(6-5-13-9-31(7-8-32)10-16(23(37)38)19(13)30-27(28)29-2)17(24(39)40-3)12-41-25(14)43-26-22(36)21(35)20(34)18(11-33)42-26/h4-6,10,12,14-15,18,20-22,25-26,32-36H,1,7-9,11H2,2-3H3,(H,37,38)(H3,28,29,30). The fraction of sp³-hybridized carbons (Fsp3) is 0.519. The molecule has 0 aliphatic carbocycles. The van der Waals surface area contributed by atoms with Crippen molar-refractivity contribution in [2.24, 2.45) is 22.6 Å². The molecule has 43 heavy (non-hydrogen) atoms. The summed E-state index contributed by atoms with van der Waals surface area (Å²) in [7, 11) is 2.60. The third-order valence-corrected chi connectivity index (χ3v) is 7.12. The predicted molar refractivity (Wildman–Crippen MR) is 148 cm³/mol. The summed E-state index contributed by atoms with van der Waals surface area (Å²) in [4.78, 5) is 30.3. The molecule has 8 unspecified atom stereocenters. The molecule has 16 nitrogen and oxygen atoms in total. The van der Waals surface area contributed by atoms with Crippen molar-refractivity contribution in [1.29, 1.82) is 0 Å². The minimum Gasteiger partial charge on any atom is -0.478 e. The molecule has 3 aliphatic heterocycles. The summed E-state index contributed by atoms with van der Waals surface area (Å²) in [5.74, 6) is -3.74. The van der Waals surface area contributed by atoms with Gasteiger partial charge >= 0.3 is 11.9 Å². The summed E-state index contributed by atoms with van der Waals surface area (Å²) in [5, 5.41) is 62.4. The molecule has 9 N–H and O–H groups in total. The fourth-order valence-corrected chi connectivity index (χ4v) is 4.80. The number of β-amino-alcohol motifs (C(OH)–C–C–N with tert-alkyl or cyclic N) is 1. The Hall–Kier alpha value is -3.77. The van der Waals surface area contributed by atoms with E-state index in [1.165, 1.54) is 26.4 Å². The van der Waals surface area contributed by atoms with Gasteiger partial charge in [0.05, 0.1) is 49.3 Å². The molecule has 0 aromatic rings. The van der Waals surface area contributed by atoms with Crippen LogP contribution in [0, 0.1) is 11.8 Å². The molecule has 0 spiro atoms. The van der Waals surface area contributed by atoms with E-state index in [1.807, 2.05) is 0 Å². The average molecular weight is 611 g/mol. The first-order valence-corrected chi connectivity index (χ1v) is 13.2. The fourth-order valence-electron chi connectivity index (χ4n) is 4.80. The van der Waals surface area contributed by atoms with Crippen molar-refractivity contribution in [3.8, 4) is 0 Å². The van der Waals surface area contributed by atoms with E-state index in [4.69, 9.17) is 24.7 Å². The maximum absolute atomic E-state index is 12.7. The van der Waals surface area contributed by atoms with E-state index in [0.717, 1.165) is 6.26 Å². The Labute approximate surface area is 247 Å². The molecular formula is C27H38N4O12. The number of hydrogen-bond donors (Lipinski definition) is 8. The van der Waals surface area contributed by atoms with Crippen molar-refractivity contribution in [3.05, 3.63) is 59.7 Å². The number of carboxylic acids is 1. The molecule has 238 valence electrons. The van der Waals surface area contributed by atoms with Gasteiger partial charge in [0.15, 0.2) is 12.2 Å². The summed E-state index contributed by atoms with van der Waals surface area (Å²) < 4.78 is 21.8. The van der Waals surface area contributed by atoms with Crippen LogP contribution in [0.25, 0.3) is 0 Å². The lowest BCUT2D eigenvalue weighted by Crippen LogP contribution is -2.60. The first kappa shape index (κ1) is 33.7. The Bertz CT molecular complexity index is 1200. The molecule has 0 amide bonds. The van der Waals surface area contributed by atoms with Crippen LogP contribution in [0.3, 0.4) is 0 Å². The largest absolute Gasteiger partial charge is 0.478 e. The molecule has 1 saturated heterocycles. The molecule has 0 aromatic carbocycles. The van der Waals surface area contributed by atoms with Gasteiger partial charge in [0, 0.05) is 32.3 Å². The number of aliphatic carboxylic acids is 1. The minimum absolute atomic E-state index is 0.0539. The lowest BCUT2D eigenvalue weighted by Gasteiger charge is -2.42. The van der Waals surface area contributed by atoms with Crippen molar-refractivity contribution in [3.63, 3.8) is 0 Å². The third-order valence-electron chi connectivity index (χ3n) is 7.12. The molecule has 0 radical (unpaired) electrons. The van der Waals surface area contributed by atoms with Gasteiger partial charge in [-0.1, -0.05) is 18.2 Å². The summed E-state index contributed by atoms with van der Waals surface area (Å²) >= 11 is 0. The Morgan fingerprint density at radius 1 is 1.23 bits per heavy atom. The van der Waals surface area contributed by atoms with E-state index in [0.29, 0.717) is 5.57 Å². The molecule has 8 atom stereocenters. The lowest BCUT2D eigenvalue weighted by atomic mass is 9.83. The van der Waals surface area contributed by atoms with Gasteiger partial charge in [-0.2, -0.15) is 0 Å². The van der Waals surface area contributed by atoms with Gasteiger partial charge in [0.25, 0.3) is 0 Å². The number of methoxy groups -OCH3 is 1. The molecule has 1 fully saturated rings. The van der Waals surface area contributed by atoms with Crippen molar-refractivity contribution < 1.29 is 59.2 Å². The van der Waals surface area contributed by atoms with E-state index in [1.54, 1.807) is 17.1 Å². The molecule has 0 saturated carbocycles. The van der Waals surface area contributed by atoms with Crippen LogP contribution in [0.2, 0.25) is 0 Å².